The Morgan fingerprint density at radius 3 is 2.67 bits per heavy atom. The van der Waals surface area contributed by atoms with Gasteiger partial charge in [0.05, 0.1) is 11.7 Å². The van der Waals surface area contributed by atoms with Crippen LogP contribution in [0.15, 0.2) is 0 Å². The lowest BCUT2D eigenvalue weighted by Crippen LogP contribution is -2.32. The first kappa shape index (κ1) is 16.5. The Balaban J connectivity index is 1.83. The second-order valence-corrected chi connectivity index (χ2v) is 6.89. The number of ether oxygens (including phenoxy) is 1. The number of carbonyl (C=O) groups is 2. The van der Waals surface area contributed by atoms with Crippen LogP contribution in [0.2, 0.25) is 0 Å². The number of hydrogen-bond acceptors (Lipinski definition) is 3. The fraction of sp³-hybridized carbons (Fsp3) is 0.882. The van der Waals surface area contributed by atoms with E-state index in [2.05, 4.69) is 12.2 Å². The topological polar surface area (TPSA) is 58.7 Å². The predicted octanol–water partition coefficient (Wildman–Crippen LogP) is 2.99. The van der Waals surface area contributed by atoms with E-state index in [9.17, 15) is 9.59 Å². The monoisotopic (exact) mass is 295 g/mol. The molecular weight excluding hydrogens is 266 g/mol. The number of fused-ring (bicyclic) bond motifs is 1. The molecule has 2 fully saturated rings. The molecule has 21 heavy (non-hydrogen) atoms. The fourth-order valence-electron chi connectivity index (χ4n) is 3.12. The largest absolute Gasteiger partial charge is 0.366 e. The molecule has 1 amide bonds. The zero-order valence-electron chi connectivity index (χ0n) is 13.5. The first-order valence-corrected chi connectivity index (χ1v) is 8.48. The van der Waals surface area contributed by atoms with Crippen LogP contribution in [0.4, 0.5) is 0 Å². The first-order valence-electron chi connectivity index (χ1n) is 8.48. The summed E-state index contributed by atoms with van der Waals surface area (Å²) >= 11 is 0. The number of hydrogen-bond donors (Lipinski definition) is 1. The zero-order chi connectivity index (χ0) is 15.3. The summed E-state index contributed by atoms with van der Waals surface area (Å²) in [5.74, 6) is 0.293. The van der Waals surface area contributed by atoms with E-state index >= 15 is 0 Å². The molecule has 0 aliphatic carbocycles. The number of ketones is 1. The summed E-state index contributed by atoms with van der Waals surface area (Å²) < 4.78 is 5.80. The van der Waals surface area contributed by atoms with Gasteiger partial charge in [-0.2, -0.15) is 0 Å². The maximum Gasteiger partial charge on any atom is 0.222 e. The van der Waals surface area contributed by atoms with E-state index in [-0.39, 0.29) is 17.4 Å². The number of epoxide rings is 1. The van der Waals surface area contributed by atoms with Gasteiger partial charge >= 0.3 is 0 Å². The lowest BCUT2D eigenvalue weighted by atomic mass is 9.96. The molecule has 3 atom stereocenters. The Labute approximate surface area is 128 Å². The van der Waals surface area contributed by atoms with Crippen molar-refractivity contribution >= 4 is 11.7 Å². The van der Waals surface area contributed by atoms with Gasteiger partial charge in [-0.1, -0.05) is 26.2 Å². The second-order valence-electron chi connectivity index (χ2n) is 6.89. The van der Waals surface area contributed by atoms with Gasteiger partial charge in [0.1, 0.15) is 5.78 Å². The molecule has 2 heterocycles. The van der Waals surface area contributed by atoms with Crippen LogP contribution in [0.25, 0.3) is 0 Å². The molecule has 0 aromatic rings. The van der Waals surface area contributed by atoms with Crippen molar-refractivity contribution < 1.29 is 14.3 Å². The molecular formula is C17H29NO3. The van der Waals surface area contributed by atoms with E-state index in [1.165, 1.54) is 12.8 Å². The summed E-state index contributed by atoms with van der Waals surface area (Å²) in [6.45, 7) is 4.73. The molecule has 1 N–H and O–H groups in total. The first-order chi connectivity index (χ1) is 10.0. The van der Waals surface area contributed by atoms with Gasteiger partial charge in [0.2, 0.25) is 5.91 Å². The third kappa shape index (κ3) is 5.10. The molecule has 0 aromatic carbocycles. The smallest absolute Gasteiger partial charge is 0.222 e. The molecule has 4 nitrogen and oxygen atoms in total. The van der Waals surface area contributed by atoms with Gasteiger partial charge in [0, 0.05) is 25.3 Å². The van der Waals surface area contributed by atoms with Crippen molar-refractivity contribution in [3.05, 3.63) is 0 Å². The molecule has 2 saturated heterocycles. The SMILES string of the molecule is CC1CCC(=O)CCCCCCC2OC2(C)CCNC1=O. The van der Waals surface area contributed by atoms with Gasteiger partial charge in [-0.15, -0.1) is 0 Å². The molecule has 120 valence electrons. The number of rotatable bonds is 0. The molecule has 0 spiro atoms. The Morgan fingerprint density at radius 2 is 1.86 bits per heavy atom. The second kappa shape index (κ2) is 7.39. The lowest BCUT2D eigenvalue weighted by Gasteiger charge is -2.13. The van der Waals surface area contributed by atoms with Crippen LogP contribution >= 0.6 is 0 Å². The number of amides is 1. The molecule has 0 aromatic heterocycles. The summed E-state index contributed by atoms with van der Waals surface area (Å²) in [7, 11) is 0. The van der Waals surface area contributed by atoms with Gasteiger partial charge < -0.3 is 10.1 Å². The fourth-order valence-corrected chi connectivity index (χ4v) is 3.12. The van der Waals surface area contributed by atoms with Crippen LogP contribution in [0, 0.1) is 5.92 Å². The minimum atomic E-state index is -0.0782. The maximum absolute atomic E-state index is 12.0. The van der Waals surface area contributed by atoms with Crippen molar-refractivity contribution in [2.75, 3.05) is 6.54 Å². The van der Waals surface area contributed by atoms with Crippen molar-refractivity contribution in [1.82, 2.24) is 5.32 Å². The van der Waals surface area contributed by atoms with E-state index in [4.69, 9.17) is 4.74 Å². The molecule has 2 aliphatic rings. The lowest BCUT2D eigenvalue weighted by molar-refractivity contribution is -0.125. The highest BCUT2D eigenvalue weighted by Gasteiger charge is 2.50. The van der Waals surface area contributed by atoms with E-state index in [0.717, 1.165) is 25.7 Å². The summed E-state index contributed by atoms with van der Waals surface area (Å²) in [5.41, 5.74) is -0.0243. The number of Topliss-reactive ketones (excluding diaryl/α,β-unsaturated/α-hetero) is 1. The van der Waals surface area contributed by atoms with Gasteiger partial charge in [-0.25, -0.2) is 0 Å². The summed E-state index contributed by atoms with van der Waals surface area (Å²) in [5, 5.41) is 2.98. The maximum atomic E-state index is 12.0. The summed E-state index contributed by atoms with van der Waals surface area (Å²) in [6.07, 6.45) is 8.72. The van der Waals surface area contributed by atoms with Crippen LogP contribution < -0.4 is 5.32 Å². The molecule has 2 rings (SSSR count). The standard InChI is InChI=1S/C17H29NO3/c1-13-9-10-14(19)7-5-3-4-6-8-15-17(2,21-15)11-12-18-16(13)20/h13,15H,3-12H2,1-2H3,(H,18,20). The van der Waals surface area contributed by atoms with Crippen LogP contribution in [0.1, 0.15) is 71.6 Å². The van der Waals surface area contributed by atoms with E-state index < -0.39 is 0 Å². The quantitative estimate of drug-likeness (QED) is 0.699. The van der Waals surface area contributed by atoms with Gasteiger partial charge in [-0.05, 0) is 32.6 Å². The van der Waals surface area contributed by atoms with Gasteiger partial charge in [-0.3, -0.25) is 9.59 Å². The normalized spacial score (nSPS) is 36.7. The van der Waals surface area contributed by atoms with Crippen LogP contribution in [0.5, 0.6) is 0 Å². The number of carbonyl (C=O) groups excluding carboxylic acids is 2. The van der Waals surface area contributed by atoms with Crippen molar-refractivity contribution in [1.29, 1.82) is 0 Å². The Morgan fingerprint density at radius 1 is 1.10 bits per heavy atom. The van der Waals surface area contributed by atoms with Crippen LogP contribution in [-0.2, 0) is 14.3 Å². The summed E-state index contributed by atoms with van der Waals surface area (Å²) in [6, 6.07) is 0. The Hall–Kier alpha value is -0.900. The van der Waals surface area contributed by atoms with Crippen molar-refractivity contribution in [2.24, 2.45) is 5.92 Å². The van der Waals surface area contributed by atoms with Crippen LogP contribution in [-0.4, -0.2) is 29.9 Å². The Kier molecular flexibility index (Phi) is 5.80. The summed E-state index contributed by atoms with van der Waals surface area (Å²) in [4.78, 5) is 23.8. The van der Waals surface area contributed by atoms with Crippen LogP contribution in [0.3, 0.4) is 0 Å². The van der Waals surface area contributed by atoms with Gasteiger partial charge in [0.15, 0.2) is 0 Å². The molecule has 4 heteroatoms. The number of nitrogens with one attached hydrogen (secondary N) is 1. The van der Waals surface area contributed by atoms with Crippen molar-refractivity contribution in [3.8, 4) is 0 Å². The van der Waals surface area contributed by atoms with E-state index in [1.54, 1.807) is 0 Å². The predicted molar refractivity (Wildman–Crippen MR) is 82.0 cm³/mol. The molecule has 0 bridgehead atoms. The Bertz CT molecular complexity index is 382. The third-order valence-electron chi connectivity index (χ3n) is 4.93. The van der Waals surface area contributed by atoms with Crippen molar-refractivity contribution in [3.63, 3.8) is 0 Å². The minimum absolute atomic E-state index is 0.0243. The van der Waals surface area contributed by atoms with E-state index in [1.807, 2.05) is 6.92 Å². The zero-order valence-corrected chi connectivity index (χ0v) is 13.5. The van der Waals surface area contributed by atoms with Crippen molar-refractivity contribution in [2.45, 2.75) is 83.3 Å². The molecule has 3 unspecified atom stereocenters. The van der Waals surface area contributed by atoms with Gasteiger partial charge in [0.25, 0.3) is 0 Å². The average molecular weight is 295 g/mol. The molecule has 2 aliphatic heterocycles. The average Bonchev–Trinajstić information content (AvgIpc) is 3.09. The highest BCUT2D eigenvalue weighted by atomic mass is 16.6. The molecule has 0 saturated carbocycles. The van der Waals surface area contributed by atoms with E-state index in [0.29, 0.717) is 37.7 Å². The highest BCUT2D eigenvalue weighted by molar-refractivity contribution is 5.81. The highest BCUT2D eigenvalue weighted by Crippen LogP contribution is 2.42. The third-order valence-corrected chi connectivity index (χ3v) is 4.93. The minimum Gasteiger partial charge on any atom is -0.366 e. The molecule has 0 radical (unpaired) electrons.